The molecule has 0 aromatic heterocycles. The van der Waals surface area contributed by atoms with Gasteiger partial charge in [0, 0.05) is 20.2 Å². The van der Waals surface area contributed by atoms with Gasteiger partial charge in [0.05, 0.1) is 0 Å². The molecule has 0 amide bonds. The summed E-state index contributed by atoms with van der Waals surface area (Å²) in [7, 11) is 2.19. The molecule has 12 heavy (non-hydrogen) atoms. The van der Waals surface area contributed by atoms with Gasteiger partial charge in [0.25, 0.3) is 0 Å². The average molecular weight is 308 g/mol. The molecule has 74 valence electrons. The summed E-state index contributed by atoms with van der Waals surface area (Å²) in [5.74, 6) is 0. The van der Waals surface area contributed by atoms with Crippen LogP contribution in [0.4, 0.5) is 0 Å². The van der Waals surface area contributed by atoms with Crippen LogP contribution >= 0.6 is 30.8 Å². The highest BCUT2D eigenvalue weighted by atomic mass is 127. The van der Waals surface area contributed by atoms with E-state index in [-0.39, 0.29) is 0 Å². The van der Waals surface area contributed by atoms with Crippen LogP contribution in [0, 0.1) is 0 Å². The maximum absolute atomic E-state index is 11.4. The van der Waals surface area contributed by atoms with Gasteiger partial charge in [0.2, 0.25) is 0 Å². The molecular formula is C5H14IN2O3P. The van der Waals surface area contributed by atoms with Crippen LogP contribution in [-0.2, 0) is 11.9 Å². The lowest BCUT2D eigenvalue weighted by Crippen LogP contribution is -2.25. The molecule has 0 spiro atoms. The first-order valence-electron chi connectivity index (χ1n) is 3.40. The first-order valence-corrected chi connectivity index (χ1v) is 5.82. The van der Waals surface area contributed by atoms with E-state index >= 15 is 0 Å². The molecule has 1 unspecified atom stereocenters. The van der Waals surface area contributed by atoms with Crippen molar-refractivity contribution in [2.45, 2.75) is 0 Å². The first-order chi connectivity index (χ1) is 5.54. The average Bonchev–Trinajstić information content (AvgIpc) is 2.03. The summed E-state index contributed by atoms with van der Waals surface area (Å²) in [5, 5.41) is 2.69. The zero-order valence-electron chi connectivity index (χ0n) is 7.41. The van der Waals surface area contributed by atoms with Gasteiger partial charge in [0.1, 0.15) is 23.0 Å². The fraction of sp³-hybridized carbons (Fsp3) is 1.00. The van der Waals surface area contributed by atoms with E-state index in [1.54, 1.807) is 23.0 Å². The van der Waals surface area contributed by atoms with Crippen LogP contribution in [0.3, 0.4) is 0 Å². The third-order valence-electron chi connectivity index (χ3n) is 1.20. The van der Waals surface area contributed by atoms with E-state index in [2.05, 4.69) is 12.5 Å². The highest BCUT2D eigenvalue weighted by molar-refractivity contribution is 14.1. The lowest BCUT2D eigenvalue weighted by atomic mass is 10.6. The number of likely N-dealkylation sites (N-methyl/N-ethyl adjacent to an activating group) is 1. The van der Waals surface area contributed by atoms with E-state index in [0.29, 0.717) is 6.54 Å². The van der Waals surface area contributed by atoms with Crippen molar-refractivity contribution in [3.8, 4) is 0 Å². The zero-order valence-corrected chi connectivity index (χ0v) is 10.5. The third-order valence-corrected chi connectivity index (χ3v) is 4.02. The van der Waals surface area contributed by atoms with Crippen molar-refractivity contribution < 1.29 is 11.9 Å². The van der Waals surface area contributed by atoms with Crippen LogP contribution in [0.2, 0.25) is 0 Å². The van der Waals surface area contributed by atoms with Gasteiger partial charge in [-0.1, -0.05) is 0 Å². The van der Waals surface area contributed by atoms with Crippen molar-refractivity contribution in [1.82, 2.24) is 9.99 Å². The highest BCUT2D eigenvalue weighted by Gasteiger charge is 2.20. The molecule has 0 aliphatic heterocycles. The van der Waals surface area contributed by atoms with Crippen LogP contribution in [0.25, 0.3) is 0 Å². The summed E-state index contributed by atoms with van der Waals surface area (Å²) >= 11 is 1.56. The number of hydrogen-bond donors (Lipinski definition) is 1. The maximum atomic E-state index is 11.4. The molecular weight excluding hydrogens is 294 g/mol. The van der Waals surface area contributed by atoms with E-state index in [0.717, 1.165) is 6.54 Å². The normalized spacial score (nSPS) is 16.4. The Hall–Kier alpha value is 0.800. The van der Waals surface area contributed by atoms with Gasteiger partial charge in [-0.2, -0.15) is 0 Å². The number of nitrogens with one attached hydrogen (secondary N) is 1. The lowest BCUT2D eigenvalue weighted by Gasteiger charge is -2.15. The topological polar surface area (TPSA) is 50.8 Å². The molecule has 7 heteroatoms. The zero-order chi connectivity index (χ0) is 9.61. The SMILES string of the molecule is COP(=O)(NCCN(C)C)OI. The number of halogens is 1. The van der Waals surface area contributed by atoms with Crippen LogP contribution < -0.4 is 5.09 Å². The summed E-state index contributed by atoms with van der Waals surface area (Å²) in [6.45, 7) is 1.36. The van der Waals surface area contributed by atoms with E-state index in [1.807, 2.05) is 19.0 Å². The minimum absolute atomic E-state index is 0.571. The third kappa shape index (κ3) is 5.45. The monoisotopic (exact) mass is 308 g/mol. The molecule has 0 saturated heterocycles. The summed E-state index contributed by atoms with van der Waals surface area (Å²) in [6, 6.07) is 0. The Morgan fingerprint density at radius 3 is 2.50 bits per heavy atom. The van der Waals surface area contributed by atoms with E-state index < -0.39 is 7.75 Å². The fourth-order valence-corrected chi connectivity index (χ4v) is 2.04. The molecule has 0 aromatic rings. The van der Waals surface area contributed by atoms with Gasteiger partial charge in [-0.05, 0) is 14.1 Å². The molecule has 5 nitrogen and oxygen atoms in total. The quantitative estimate of drug-likeness (QED) is 0.591. The standard InChI is InChI=1S/C5H14IN2O3P/c1-8(2)5-4-7-12(9,10-3)11-6/h4-5H2,1-3H3,(H,7,9). The van der Waals surface area contributed by atoms with E-state index in [9.17, 15) is 4.57 Å². The predicted octanol–water partition coefficient (Wildman–Crippen LogP) is 1.26. The number of rotatable bonds is 6. The molecule has 0 bridgehead atoms. The molecule has 0 radical (unpaired) electrons. The second-order valence-electron chi connectivity index (χ2n) is 2.46. The second-order valence-corrected chi connectivity index (χ2v) is 5.46. The molecule has 0 aromatic carbocycles. The van der Waals surface area contributed by atoms with Crippen molar-refractivity contribution in [2.75, 3.05) is 34.3 Å². The predicted molar refractivity (Wildman–Crippen MR) is 56.3 cm³/mol. The number of hydrogen-bond acceptors (Lipinski definition) is 4. The fourth-order valence-electron chi connectivity index (χ4n) is 0.528. The Morgan fingerprint density at radius 1 is 1.58 bits per heavy atom. The molecule has 0 rings (SSSR count). The Labute approximate surface area is 87.1 Å². The lowest BCUT2D eigenvalue weighted by molar-refractivity contribution is 0.327. The van der Waals surface area contributed by atoms with Gasteiger partial charge in [-0.3, -0.25) is 4.52 Å². The highest BCUT2D eigenvalue weighted by Crippen LogP contribution is 2.44. The van der Waals surface area contributed by atoms with E-state index in [4.69, 9.17) is 0 Å². The molecule has 1 N–H and O–H groups in total. The summed E-state index contributed by atoms with van der Waals surface area (Å²) in [5.41, 5.74) is 0. The Bertz CT molecular complexity index is 159. The molecule has 0 aliphatic carbocycles. The van der Waals surface area contributed by atoms with Crippen LogP contribution in [-0.4, -0.2) is 39.2 Å². The summed E-state index contributed by atoms with van der Waals surface area (Å²) in [4.78, 5) is 1.97. The van der Waals surface area contributed by atoms with Crippen molar-refractivity contribution >= 4 is 30.8 Å². The molecule has 0 aliphatic rings. The summed E-state index contributed by atoms with van der Waals surface area (Å²) < 4.78 is 20.7. The van der Waals surface area contributed by atoms with Crippen molar-refractivity contribution in [1.29, 1.82) is 0 Å². The Kier molecular flexibility index (Phi) is 6.70. The van der Waals surface area contributed by atoms with Crippen molar-refractivity contribution in [3.63, 3.8) is 0 Å². The number of nitrogens with zero attached hydrogens (tertiary/aromatic N) is 1. The van der Waals surface area contributed by atoms with Gasteiger partial charge in [-0.25, -0.2) is 12.5 Å². The molecule has 1 atom stereocenters. The minimum Gasteiger partial charge on any atom is -0.308 e. The largest absolute Gasteiger partial charge is 0.414 e. The smallest absolute Gasteiger partial charge is 0.308 e. The van der Waals surface area contributed by atoms with Gasteiger partial charge in [0.15, 0.2) is 0 Å². The Balaban J connectivity index is 3.67. The van der Waals surface area contributed by atoms with Crippen LogP contribution in [0.15, 0.2) is 0 Å². The van der Waals surface area contributed by atoms with Gasteiger partial charge < -0.3 is 4.90 Å². The van der Waals surface area contributed by atoms with Gasteiger partial charge in [-0.15, -0.1) is 0 Å². The van der Waals surface area contributed by atoms with Gasteiger partial charge >= 0.3 is 7.75 Å². The van der Waals surface area contributed by atoms with Crippen LogP contribution in [0.1, 0.15) is 0 Å². The molecule has 0 fully saturated rings. The second kappa shape index (κ2) is 6.28. The molecule has 0 saturated carbocycles. The first kappa shape index (κ1) is 12.8. The van der Waals surface area contributed by atoms with Crippen molar-refractivity contribution in [3.05, 3.63) is 0 Å². The summed E-state index contributed by atoms with van der Waals surface area (Å²) in [6.07, 6.45) is 0. The maximum Gasteiger partial charge on any atom is 0.414 e. The molecule has 0 heterocycles. The van der Waals surface area contributed by atoms with Crippen LogP contribution in [0.5, 0.6) is 0 Å². The Morgan fingerprint density at radius 2 is 2.17 bits per heavy atom. The minimum atomic E-state index is -3.03. The van der Waals surface area contributed by atoms with E-state index in [1.165, 1.54) is 7.11 Å². The van der Waals surface area contributed by atoms with Crippen molar-refractivity contribution in [2.24, 2.45) is 0 Å².